The van der Waals surface area contributed by atoms with E-state index in [1.54, 1.807) is 0 Å². The molecule has 0 spiro atoms. The van der Waals surface area contributed by atoms with Crippen LogP contribution in [0.1, 0.15) is 45.1 Å². The van der Waals surface area contributed by atoms with Crippen molar-refractivity contribution >= 4 is 5.69 Å². The van der Waals surface area contributed by atoms with Crippen LogP contribution >= 0.6 is 0 Å². The van der Waals surface area contributed by atoms with Crippen molar-refractivity contribution in [1.82, 2.24) is 4.90 Å². The largest absolute Gasteiger partial charge is 0.372 e. The van der Waals surface area contributed by atoms with Gasteiger partial charge in [-0.1, -0.05) is 25.0 Å². The fourth-order valence-corrected chi connectivity index (χ4v) is 2.95. The molecule has 2 rings (SSSR count). The summed E-state index contributed by atoms with van der Waals surface area (Å²) in [4.78, 5) is 5.01. The van der Waals surface area contributed by atoms with E-state index < -0.39 is 0 Å². The molecule has 19 heavy (non-hydrogen) atoms. The molecule has 1 aromatic carbocycles. The van der Waals surface area contributed by atoms with Crippen LogP contribution in [0.4, 0.5) is 5.69 Å². The number of likely N-dealkylation sites (tertiary alicyclic amines) is 1. The van der Waals surface area contributed by atoms with Crippen LogP contribution < -0.4 is 4.90 Å². The van der Waals surface area contributed by atoms with Crippen LogP contribution in [-0.2, 0) is 6.54 Å². The third kappa shape index (κ3) is 4.24. The molecule has 0 aliphatic carbocycles. The van der Waals surface area contributed by atoms with Crippen LogP contribution in [0.3, 0.4) is 0 Å². The van der Waals surface area contributed by atoms with E-state index in [0.29, 0.717) is 0 Å². The smallest absolute Gasteiger partial charge is 0.0366 e. The molecule has 0 amide bonds. The van der Waals surface area contributed by atoms with Crippen molar-refractivity contribution in [2.45, 2.75) is 46.1 Å². The quantitative estimate of drug-likeness (QED) is 0.792. The lowest BCUT2D eigenvalue weighted by atomic mass is 10.1. The highest BCUT2D eigenvalue weighted by Crippen LogP contribution is 2.17. The Balaban J connectivity index is 1.94. The summed E-state index contributed by atoms with van der Waals surface area (Å²) in [6.07, 6.45) is 5.57. The van der Waals surface area contributed by atoms with Gasteiger partial charge in [0.05, 0.1) is 0 Å². The maximum absolute atomic E-state index is 2.61. The molecule has 0 unspecified atom stereocenters. The van der Waals surface area contributed by atoms with Gasteiger partial charge in [-0.2, -0.15) is 0 Å². The zero-order valence-corrected chi connectivity index (χ0v) is 12.6. The normalized spacial score (nSPS) is 17.2. The van der Waals surface area contributed by atoms with Crippen molar-refractivity contribution in [3.8, 4) is 0 Å². The molecule has 1 aliphatic heterocycles. The van der Waals surface area contributed by atoms with Gasteiger partial charge in [-0.3, -0.25) is 4.90 Å². The van der Waals surface area contributed by atoms with E-state index in [9.17, 15) is 0 Å². The summed E-state index contributed by atoms with van der Waals surface area (Å²) in [5.41, 5.74) is 2.81. The molecule has 0 N–H and O–H groups in total. The Morgan fingerprint density at radius 3 is 2.00 bits per heavy atom. The minimum atomic E-state index is 1.09. The second kappa shape index (κ2) is 7.54. The number of anilines is 1. The van der Waals surface area contributed by atoms with Crippen LogP contribution in [0.25, 0.3) is 0 Å². The first-order chi connectivity index (χ1) is 9.33. The maximum Gasteiger partial charge on any atom is 0.0366 e. The fraction of sp³-hybridized carbons (Fsp3) is 0.647. The molecule has 0 aromatic heterocycles. The van der Waals surface area contributed by atoms with Crippen LogP contribution in [0.15, 0.2) is 24.3 Å². The molecule has 1 heterocycles. The van der Waals surface area contributed by atoms with Gasteiger partial charge in [-0.25, -0.2) is 0 Å². The van der Waals surface area contributed by atoms with Crippen LogP contribution in [0.5, 0.6) is 0 Å². The third-order valence-electron chi connectivity index (χ3n) is 4.17. The molecule has 0 atom stereocenters. The number of hydrogen-bond donors (Lipinski definition) is 0. The average molecular weight is 260 g/mol. The predicted octanol–water partition coefficient (Wildman–Crippen LogP) is 3.91. The summed E-state index contributed by atoms with van der Waals surface area (Å²) in [7, 11) is 0. The van der Waals surface area contributed by atoms with E-state index in [1.807, 2.05) is 0 Å². The molecule has 2 nitrogen and oxygen atoms in total. The Labute approximate surface area is 118 Å². The topological polar surface area (TPSA) is 6.48 Å². The molecule has 0 saturated carbocycles. The van der Waals surface area contributed by atoms with E-state index in [-0.39, 0.29) is 0 Å². The van der Waals surface area contributed by atoms with E-state index >= 15 is 0 Å². The van der Waals surface area contributed by atoms with Gasteiger partial charge < -0.3 is 4.90 Å². The van der Waals surface area contributed by atoms with Gasteiger partial charge in [0, 0.05) is 25.3 Å². The summed E-state index contributed by atoms with van der Waals surface area (Å²) in [6.45, 7) is 10.3. The number of benzene rings is 1. The molecule has 0 bridgehead atoms. The Morgan fingerprint density at radius 1 is 0.895 bits per heavy atom. The third-order valence-corrected chi connectivity index (χ3v) is 4.17. The lowest BCUT2D eigenvalue weighted by Crippen LogP contribution is -2.24. The van der Waals surface area contributed by atoms with E-state index in [4.69, 9.17) is 0 Å². The molecule has 2 heteroatoms. The molecule has 106 valence electrons. The summed E-state index contributed by atoms with van der Waals surface area (Å²) >= 11 is 0. The molecule has 1 fully saturated rings. The van der Waals surface area contributed by atoms with Gasteiger partial charge in [0.15, 0.2) is 0 Å². The van der Waals surface area contributed by atoms with Gasteiger partial charge in [-0.15, -0.1) is 0 Å². The Morgan fingerprint density at radius 2 is 1.47 bits per heavy atom. The molecule has 1 aliphatic rings. The van der Waals surface area contributed by atoms with E-state index in [0.717, 1.165) is 19.6 Å². The van der Waals surface area contributed by atoms with Crippen molar-refractivity contribution < 1.29 is 0 Å². The molecule has 0 radical (unpaired) electrons. The Hall–Kier alpha value is -1.02. The van der Waals surface area contributed by atoms with Crippen molar-refractivity contribution in [3.05, 3.63) is 29.8 Å². The van der Waals surface area contributed by atoms with E-state index in [2.05, 4.69) is 47.9 Å². The highest BCUT2D eigenvalue weighted by molar-refractivity contribution is 5.47. The second-order valence-corrected chi connectivity index (χ2v) is 5.53. The minimum Gasteiger partial charge on any atom is -0.372 e. The predicted molar refractivity (Wildman–Crippen MR) is 83.7 cm³/mol. The van der Waals surface area contributed by atoms with Gasteiger partial charge in [0.1, 0.15) is 0 Å². The van der Waals surface area contributed by atoms with Gasteiger partial charge >= 0.3 is 0 Å². The van der Waals surface area contributed by atoms with Gasteiger partial charge in [-0.05, 0) is 57.5 Å². The Bertz CT molecular complexity index is 346. The lowest BCUT2D eigenvalue weighted by molar-refractivity contribution is 0.277. The first kappa shape index (κ1) is 14.4. The molecular formula is C17H28N2. The van der Waals surface area contributed by atoms with Crippen LogP contribution in [-0.4, -0.2) is 31.1 Å². The fourth-order valence-electron chi connectivity index (χ4n) is 2.95. The maximum atomic E-state index is 2.61. The highest BCUT2D eigenvalue weighted by atomic mass is 15.1. The first-order valence-corrected chi connectivity index (χ1v) is 7.89. The average Bonchev–Trinajstić information content (AvgIpc) is 2.71. The van der Waals surface area contributed by atoms with Crippen molar-refractivity contribution in [2.24, 2.45) is 0 Å². The van der Waals surface area contributed by atoms with E-state index in [1.165, 1.54) is 50.0 Å². The van der Waals surface area contributed by atoms with Crippen molar-refractivity contribution in [1.29, 1.82) is 0 Å². The first-order valence-electron chi connectivity index (χ1n) is 7.89. The van der Waals surface area contributed by atoms with Crippen molar-refractivity contribution in [3.63, 3.8) is 0 Å². The van der Waals surface area contributed by atoms with Crippen LogP contribution in [0, 0.1) is 0 Å². The molecular weight excluding hydrogens is 232 g/mol. The SMILES string of the molecule is CCN(CC)c1ccc(CN2CCCCCC2)cc1. The zero-order valence-electron chi connectivity index (χ0n) is 12.6. The summed E-state index contributed by atoms with van der Waals surface area (Å²) < 4.78 is 0. The standard InChI is InChI=1S/C17H28N2/c1-3-19(4-2)17-11-9-16(10-12-17)15-18-13-7-5-6-8-14-18/h9-12H,3-8,13-15H2,1-2H3. The minimum absolute atomic E-state index is 1.09. The van der Waals surface area contributed by atoms with Gasteiger partial charge in [0.25, 0.3) is 0 Å². The summed E-state index contributed by atoms with van der Waals surface area (Å²) in [5.74, 6) is 0. The van der Waals surface area contributed by atoms with Crippen LogP contribution in [0.2, 0.25) is 0 Å². The van der Waals surface area contributed by atoms with Gasteiger partial charge in [0.2, 0.25) is 0 Å². The number of nitrogens with zero attached hydrogens (tertiary/aromatic N) is 2. The lowest BCUT2D eigenvalue weighted by Gasteiger charge is -2.23. The second-order valence-electron chi connectivity index (χ2n) is 5.53. The molecule has 1 aromatic rings. The number of hydrogen-bond acceptors (Lipinski definition) is 2. The number of rotatable bonds is 5. The highest BCUT2D eigenvalue weighted by Gasteiger charge is 2.09. The monoisotopic (exact) mass is 260 g/mol. The zero-order chi connectivity index (χ0) is 13.5. The van der Waals surface area contributed by atoms with Crippen molar-refractivity contribution in [2.75, 3.05) is 31.1 Å². The summed E-state index contributed by atoms with van der Waals surface area (Å²) in [6, 6.07) is 9.16. The Kier molecular flexibility index (Phi) is 5.71. The molecule has 1 saturated heterocycles. The summed E-state index contributed by atoms with van der Waals surface area (Å²) in [5, 5.41) is 0.